The molecule has 248 valence electrons. The SMILES string of the molecule is COC(=O)CC(C=C(Cl)S(C)(=O)=O)NC(=O)CNC(=O)C(NC(=O)C(C)NC(=O)OCc1ccccc1)C1Cc2ccccc2C1. The van der Waals surface area contributed by atoms with Gasteiger partial charge >= 0.3 is 12.1 Å². The lowest BCUT2D eigenvalue weighted by Crippen LogP contribution is -2.56. The van der Waals surface area contributed by atoms with Crippen molar-refractivity contribution in [2.24, 2.45) is 5.92 Å². The monoisotopic (exact) mass is 676 g/mol. The van der Waals surface area contributed by atoms with Gasteiger partial charge in [0.2, 0.25) is 17.7 Å². The second kappa shape index (κ2) is 16.8. The zero-order chi connectivity index (χ0) is 33.9. The molecular weight excluding hydrogens is 640 g/mol. The molecule has 3 unspecified atom stereocenters. The Morgan fingerprint density at radius 2 is 1.54 bits per heavy atom. The van der Waals surface area contributed by atoms with Gasteiger partial charge in [0.05, 0.1) is 26.1 Å². The highest BCUT2D eigenvalue weighted by atomic mass is 35.5. The third-order valence-corrected chi connectivity index (χ3v) is 8.96. The van der Waals surface area contributed by atoms with E-state index in [-0.39, 0.29) is 12.5 Å². The Kier molecular flexibility index (Phi) is 13.1. The number of benzene rings is 2. The molecule has 0 spiro atoms. The number of fused-ring (bicyclic) bond motifs is 1. The molecule has 3 rings (SSSR count). The van der Waals surface area contributed by atoms with E-state index in [1.165, 1.54) is 6.92 Å². The number of hydrogen-bond acceptors (Lipinski definition) is 9. The zero-order valence-corrected chi connectivity index (χ0v) is 27.2. The van der Waals surface area contributed by atoms with E-state index in [1.54, 1.807) is 24.3 Å². The van der Waals surface area contributed by atoms with Crippen molar-refractivity contribution >= 4 is 51.2 Å². The van der Waals surface area contributed by atoms with Crippen LogP contribution in [0.4, 0.5) is 4.79 Å². The van der Waals surface area contributed by atoms with Gasteiger partial charge < -0.3 is 30.7 Å². The minimum absolute atomic E-state index is 0.00514. The number of ether oxygens (including phenoxy) is 2. The van der Waals surface area contributed by atoms with E-state index in [0.29, 0.717) is 12.8 Å². The highest BCUT2D eigenvalue weighted by molar-refractivity contribution is 7.96. The van der Waals surface area contributed by atoms with E-state index >= 15 is 0 Å². The van der Waals surface area contributed by atoms with Crippen LogP contribution < -0.4 is 21.3 Å². The largest absolute Gasteiger partial charge is 0.469 e. The van der Waals surface area contributed by atoms with Crippen molar-refractivity contribution in [1.29, 1.82) is 0 Å². The standard InChI is InChI=1S/C31H37ClN4O9S/c1-19(34-31(41)45-18-20-9-5-4-6-10-20)29(39)36-28(23-13-21-11-7-8-12-22(21)14-23)30(40)33-17-26(37)35-24(16-27(38)44-2)15-25(32)46(3,42)43/h4-12,15,19,23-24,28H,13-14,16-18H2,1-3H3,(H,33,40)(H,34,41)(H,35,37)(H,36,39). The number of halogens is 1. The molecule has 13 nitrogen and oxygen atoms in total. The van der Waals surface area contributed by atoms with Crippen molar-refractivity contribution in [1.82, 2.24) is 21.3 Å². The number of carbonyl (C=O) groups is 5. The van der Waals surface area contributed by atoms with Crippen LogP contribution in [0.25, 0.3) is 0 Å². The predicted molar refractivity (Wildman–Crippen MR) is 169 cm³/mol. The van der Waals surface area contributed by atoms with Crippen LogP contribution in [0.5, 0.6) is 0 Å². The molecule has 2 aromatic carbocycles. The number of sulfone groups is 1. The first kappa shape index (κ1) is 36.0. The van der Waals surface area contributed by atoms with Crippen LogP contribution in [-0.2, 0) is 57.9 Å². The van der Waals surface area contributed by atoms with E-state index in [1.807, 2.05) is 30.3 Å². The van der Waals surface area contributed by atoms with E-state index in [0.717, 1.165) is 36.1 Å². The molecule has 1 aliphatic carbocycles. The first-order valence-electron chi connectivity index (χ1n) is 14.3. The van der Waals surface area contributed by atoms with Crippen LogP contribution in [0.15, 0.2) is 65.0 Å². The molecule has 0 aliphatic heterocycles. The van der Waals surface area contributed by atoms with Crippen LogP contribution in [-0.4, -0.2) is 76.2 Å². The maximum absolute atomic E-state index is 13.4. The number of methoxy groups -OCH3 is 1. The van der Waals surface area contributed by atoms with E-state index < -0.39 is 75.1 Å². The highest BCUT2D eigenvalue weighted by Crippen LogP contribution is 2.29. The van der Waals surface area contributed by atoms with Crippen LogP contribution in [0.3, 0.4) is 0 Å². The van der Waals surface area contributed by atoms with Crippen LogP contribution in [0.1, 0.15) is 30.0 Å². The molecule has 0 saturated heterocycles. The lowest BCUT2D eigenvalue weighted by atomic mass is 9.95. The summed E-state index contributed by atoms with van der Waals surface area (Å²) in [4.78, 5) is 63.5. The summed E-state index contributed by atoms with van der Waals surface area (Å²) in [5, 5.41) is 10.1. The first-order valence-corrected chi connectivity index (χ1v) is 16.6. The average Bonchev–Trinajstić information content (AvgIpc) is 3.45. The molecule has 15 heteroatoms. The molecule has 0 bridgehead atoms. The van der Waals surface area contributed by atoms with Gasteiger partial charge in [0.1, 0.15) is 23.1 Å². The fourth-order valence-electron chi connectivity index (χ4n) is 4.74. The van der Waals surface area contributed by atoms with Crippen LogP contribution >= 0.6 is 11.6 Å². The maximum atomic E-state index is 13.4. The smallest absolute Gasteiger partial charge is 0.408 e. The third-order valence-electron chi connectivity index (χ3n) is 7.14. The molecule has 0 aromatic heterocycles. The van der Waals surface area contributed by atoms with Gasteiger partial charge in [-0.05, 0) is 48.4 Å². The Labute approximate surface area is 272 Å². The summed E-state index contributed by atoms with van der Waals surface area (Å²) >= 11 is 5.82. The minimum atomic E-state index is -3.81. The van der Waals surface area contributed by atoms with Crippen molar-refractivity contribution < 1.29 is 41.9 Å². The molecule has 0 radical (unpaired) electrons. The third kappa shape index (κ3) is 11.2. The Balaban J connectivity index is 1.66. The molecule has 2 aromatic rings. The normalized spacial score (nSPS) is 15.0. The molecule has 1 aliphatic rings. The Morgan fingerprint density at radius 3 is 2.13 bits per heavy atom. The fraction of sp³-hybridized carbons (Fsp3) is 0.387. The van der Waals surface area contributed by atoms with Crippen molar-refractivity contribution in [3.63, 3.8) is 0 Å². The summed E-state index contributed by atoms with van der Waals surface area (Å²) in [6.45, 7) is 0.888. The number of alkyl carbamates (subject to hydrolysis) is 1. The second-order valence-electron chi connectivity index (χ2n) is 10.8. The van der Waals surface area contributed by atoms with Crippen LogP contribution in [0, 0.1) is 5.92 Å². The average molecular weight is 677 g/mol. The first-order chi connectivity index (χ1) is 21.8. The van der Waals surface area contributed by atoms with E-state index in [9.17, 15) is 32.4 Å². The zero-order valence-electron chi connectivity index (χ0n) is 25.6. The van der Waals surface area contributed by atoms with E-state index in [2.05, 4.69) is 26.0 Å². The fourth-order valence-corrected chi connectivity index (χ4v) is 5.31. The van der Waals surface area contributed by atoms with Crippen molar-refractivity contribution in [2.45, 2.75) is 50.9 Å². The summed E-state index contributed by atoms with van der Waals surface area (Å²) in [5.41, 5.74) is 2.81. The summed E-state index contributed by atoms with van der Waals surface area (Å²) < 4.78 is 32.7. The van der Waals surface area contributed by atoms with E-state index in [4.69, 9.17) is 16.3 Å². The quantitative estimate of drug-likeness (QED) is 0.215. The molecule has 0 saturated carbocycles. The summed E-state index contributed by atoms with van der Waals surface area (Å²) in [5.74, 6) is -3.15. The van der Waals surface area contributed by atoms with Crippen molar-refractivity contribution in [3.8, 4) is 0 Å². The molecule has 4 amide bonds. The Bertz CT molecular complexity index is 1540. The maximum Gasteiger partial charge on any atom is 0.408 e. The molecule has 46 heavy (non-hydrogen) atoms. The molecule has 3 atom stereocenters. The number of amides is 4. The second-order valence-corrected chi connectivity index (χ2v) is 13.4. The van der Waals surface area contributed by atoms with Gasteiger partial charge in [0.15, 0.2) is 9.84 Å². The number of nitrogens with one attached hydrogen (secondary N) is 4. The molecule has 4 N–H and O–H groups in total. The van der Waals surface area contributed by atoms with Crippen molar-refractivity contribution in [3.05, 3.63) is 81.7 Å². The number of hydrogen-bond donors (Lipinski definition) is 4. The summed E-state index contributed by atoms with van der Waals surface area (Å²) in [6.07, 6.45) is 1.59. The predicted octanol–water partition coefficient (Wildman–Crippen LogP) is 1.49. The van der Waals surface area contributed by atoms with Gasteiger partial charge in [-0.15, -0.1) is 0 Å². The highest BCUT2D eigenvalue weighted by Gasteiger charge is 2.35. The summed E-state index contributed by atoms with van der Waals surface area (Å²) in [7, 11) is -2.68. The van der Waals surface area contributed by atoms with Crippen LogP contribution in [0.2, 0.25) is 0 Å². The van der Waals surface area contributed by atoms with Gasteiger partial charge in [0.25, 0.3) is 0 Å². The number of esters is 1. The van der Waals surface area contributed by atoms with Gasteiger partial charge in [-0.25, -0.2) is 13.2 Å². The van der Waals surface area contributed by atoms with Gasteiger partial charge in [-0.2, -0.15) is 0 Å². The Hall–Kier alpha value is -4.43. The van der Waals surface area contributed by atoms with Gasteiger partial charge in [-0.1, -0.05) is 66.2 Å². The van der Waals surface area contributed by atoms with Crippen molar-refractivity contribution in [2.75, 3.05) is 19.9 Å². The number of rotatable bonds is 14. The molecule has 0 fully saturated rings. The Morgan fingerprint density at radius 1 is 0.935 bits per heavy atom. The van der Waals surface area contributed by atoms with Gasteiger partial charge in [-0.3, -0.25) is 19.2 Å². The lowest BCUT2D eigenvalue weighted by Gasteiger charge is -2.26. The summed E-state index contributed by atoms with van der Waals surface area (Å²) in [6, 6.07) is 13.3. The molecular formula is C31H37ClN4O9S. The van der Waals surface area contributed by atoms with Gasteiger partial charge in [0, 0.05) is 6.26 Å². The minimum Gasteiger partial charge on any atom is -0.469 e. The number of carbonyl (C=O) groups excluding carboxylic acids is 5. The topological polar surface area (TPSA) is 186 Å². The lowest BCUT2D eigenvalue weighted by molar-refractivity contribution is -0.141. The molecule has 0 heterocycles.